The van der Waals surface area contributed by atoms with Crippen molar-refractivity contribution in [2.75, 3.05) is 11.3 Å². The van der Waals surface area contributed by atoms with E-state index in [1.165, 1.54) is 0 Å². The Morgan fingerprint density at radius 2 is 1.76 bits per heavy atom. The summed E-state index contributed by atoms with van der Waals surface area (Å²) in [4.78, 5) is 16.5. The first-order chi connectivity index (χ1) is 13.7. The van der Waals surface area contributed by atoms with Crippen LogP contribution in [0.1, 0.15) is 25.1 Å². The van der Waals surface area contributed by atoms with Gasteiger partial charge in [-0.2, -0.15) is 0 Å². The Morgan fingerprint density at radius 3 is 2.41 bits per heavy atom. The molecule has 152 valence electrons. The van der Waals surface area contributed by atoms with Crippen molar-refractivity contribution in [1.29, 1.82) is 0 Å². The molecule has 3 aromatic rings. The number of carbonyl (C=O) groups is 1. The van der Waals surface area contributed by atoms with Crippen LogP contribution in [0.5, 0.6) is 5.75 Å². The van der Waals surface area contributed by atoms with E-state index in [1.807, 2.05) is 26.0 Å². The standard InChI is InChI=1S/C22H24N2O4S/c1-14(2)21(25)13-28-18-11-17-8-7-16(4)23-22(17)20(12-18)24-29(26,27)19-9-5-15(3)6-10-19/h5-12,14,24H,13H2,1-4H3. The molecule has 2 aromatic carbocycles. The minimum Gasteiger partial charge on any atom is -0.486 e. The maximum Gasteiger partial charge on any atom is 0.261 e. The fourth-order valence-corrected chi connectivity index (χ4v) is 3.77. The van der Waals surface area contributed by atoms with Gasteiger partial charge in [0.05, 0.1) is 16.1 Å². The third kappa shape index (κ3) is 4.92. The van der Waals surface area contributed by atoms with Crippen molar-refractivity contribution in [2.24, 2.45) is 5.92 Å². The van der Waals surface area contributed by atoms with E-state index in [9.17, 15) is 13.2 Å². The summed E-state index contributed by atoms with van der Waals surface area (Å²) >= 11 is 0. The number of ketones is 1. The lowest BCUT2D eigenvalue weighted by molar-refractivity contribution is -0.123. The minimum absolute atomic E-state index is 0.0334. The third-order valence-electron chi connectivity index (χ3n) is 4.51. The van der Waals surface area contributed by atoms with Gasteiger partial charge in [0.15, 0.2) is 5.78 Å². The molecule has 0 aliphatic heterocycles. The van der Waals surface area contributed by atoms with Crippen molar-refractivity contribution in [1.82, 2.24) is 4.98 Å². The summed E-state index contributed by atoms with van der Waals surface area (Å²) in [6.45, 7) is 7.26. The first-order valence-corrected chi connectivity index (χ1v) is 10.8. The lowest BCUT2D eigenvalue weighted by Gasteiger charge is -2.14. The van der Waals surface area contributed by atoms with Gasteiger partial charge in [-0.15, -0.1) is 0 Å². The molecule has 29 heavy (non-hydrogen) atoms. The van der Waals surface area contributed by atoms with Gasteiger partial charge in [-0.25, -0.2) is 8.42 Å². The van der Waals surface area contributed by atoms with Crippen molar-refractivity contribution in [3.8, 4) is 5.75 Å². The molecule has 0 aliphatic carbocycles. The second-order valence-corrected chi connectivity index (χ2v) is 9.01. The average Bonchev–Trinajstić information content (AvgIpc) is 2.66. The molecule has 6 nitrogen and oxygen atoms in total. The van der Waals surface area contributed by atoms with Gasteiger partial charge >= 0.3 is 0 Å². The highest BCUT2D eigenvalue weighted by atomic mass is 32.2. The van der Waals surface area contributed by atoms with Crippen molar-refractivity contribution < 1.29 is 17.9 Å². The number of ether oxygens (including phenoxy) is 1. The van der Waals surface area contributed by atoms with E-state index in [0.29, 0.717) is 22.3 Å². The zero-order chi connectivity index (χ0) is 21.2. The van der Waals surface area contributed by atoms with Crippen LogP contribution in [0.25, 0.3) is 10.9 Å². The maximum absolute atomic E-state index is 12.9. The van der Waals surface area contributed by atoms with Crippen molar-refractivity contribution in [2.45, 2.75) is 32.6 Å². The predicted octanol–water partition coefficient (Wildman–Crippen LogP) is 4.26. The van der Waals surface area contributed by atoms with E-state index in [-0.39, 0.29) is 23.2 Å². The summed E-state index contributed by atoms with van der Waals surface area (Å²) in [5.74, 6) is 0.229. The molecule has 7 heteroatoms. The number of nitrogens with zero attached hydrogens (tertiary/aromatic N) is 1. The topological polar surface area (TPSA) is 85.4 Å². The molecule has 1 heterocycles. The second kappa shape index (κ2) is 8.21. The fourth-order valence-electron chi connectivity index (χ4n) is 2.71. The van der Waals surface area contributed by atoms with E-state index in [0.717, 1.165) is 11.3 Å². The summed E-state index contributed by atoms with van der Waals surface area (Å²) < 4.78 is 34.0. The monoisotopic (exact) mass is 412 g/mol. The van der Waals surface area contributed by atoms with Crippen LogP contribution < -0.4 is 9.46 Å². The van der Waals surface area contributed by atoms with Gasteiger partial charge in [-0.1, -0.05) is 37.6 Å². The van der Waals surface area contributed by atoms with Crippen molar-refractivity contribution in [3.05, 3.63) is 59.8 Å². The van der Waals surface area contributed by atoms with Gasteiger partial charge < -0.3 is 4.74 Å². The number of aromatic nitrogens is 1. The van der Waals surface area contributed by atoms with Gasteiger partial charge in [0, 0.05) is 23.1 Å². The van der Waals surface area contributed by atoms with E-state index in [4.69, 9.17) is 4.74 Å². The zero-order valence-electron chi connectivity index (χ0n) is 16.9. The molecule has 0 atom stereocenters. The largest absolute Gasteiger partial charge is 0.486 e. The highest BCUT2D eigenvalue weighted by Gasteiger charge is 2.18. The Morgan fingerprint density at radius 1 is 1.07 bits per heavy atom. The lowest BCUT2D eigenvalue weighted by atomic mass is 10.1. The first-order valence-electron chi connectivity index (χ1n) is 9.32. The molecule has 1 N–H and O–H groups in total. The van der Waals surface area contributed by atoms with E-state index < -0.39 is 10.0 Å². The highest BCUT2D eigenvalue weighted by molar-refractivity contribution is 7.92. The number of hydrogen-bond donors (Lipinski definition) is 1. The molecular weight excluding hydrogens is 388 g/mol. The number of benzene rings is 2. The Balaban J connectivity index is 2.01. The summed E-state index contributed by atoms with van der Waals surface area (Å²) in [5.41, 5.74) is 2.55. The zero-order valence-corrected chi connectivity index (χ0v) is 17.7. The molecule has 0 saturated heterocycles. The number of nitrogens with one attached hydrogen (secondary N) is 1. The molecule has 0 amide bonds. The van der Waals surface area contributed by atoms with Crippen LogP contribution in [0.4, 0.5) is 5.69 Å². The van der Waals surface area contributed by atoms with Crippen LogP contribution in [0.3, 0.4) is 0 Å². The van der Waals surface area contributed by atoms with Crippen LogP contribution >= 0.6 is 0 Å². The van der Waals surface area contributed by atoms with E-state index in [1.54, 1.807) is 50.2 Å². The van der Waals surface area contributed by atoms with Crippen molar-refractivity contribution in [3.63, 3.8) is 0 Å². The van der Waals surface area contributed by atoms with Crippen LogP contribution in [0.15, 0.2) is 53.4 Å². The van der Waals surface area contributed by atoms with Gasteiger partial charge in [-0.3, -0.25) is 14.5 Å². The molecule has 0 radical (unpaired) electrons. The number of anilines is 1. The van der Waals surface area contributed by atoms with Crippen LogP contribution in [0, 0.1) is 19.8 Å². The van der Waals surface area contributed by atoms with E-state index >= 15 is 0 Å². The highest BCUT2D eigenvalue weighted by Crippen LogP contribution is 2.30. The molecule has 0 spiro atoms. The molecule has 0 bridgehead atoms. The number of Topliss-reactive ketones (excluding diaryl/α,β-unsaturated/α-hetero) is 1. The Bertz CT molecular complexity index is 1150. The molecule has 0 saturated carbocycles. The quantitative estimate of drug-likeness (QED) is 0.627. The van der Waals surface area contributed by atoms with Gasteiger partial charge in [0.25, 0.3) is 10.0 Å². The normalized spacial score (nSPS) is 11.6. The predicted molar refractivity (Wildman–Crippen MR) is 114 cm³/mol. The number of pyridine rings is 1. The third-order valence-corrected chi connectivity index (χ3v) is 5.89. The van der Waals surface area contributed by atoms with Crippen LogP contribution in [-0.2, 0) is 14.8 Å². The van der Waals surface area contributed by atoms with Gasteiger partial charge in [0.2, 0.25) is 0 Å². The number of sulfonamides is 1. The number of rotatable bonds is 7. The molecular formula is C22H24N2O4S. The van der Waals surface area contributed by atoms with E-state index in [2.05, 4.69) is 9.71 Å². The maximum atomic E-state index is 12.9. The van der Waals surface area contributed by atoms with Crippen molar-refractivity contribution >= 4 is 32.4 Å². The lowest BCUT2D eigenvalue weighted by Crippen LogP contribution is -2.17. The second-order valence-electron chi connectivity index (χ2n) is 7.32. The number of carbonyl (C=O) groups excluding carboxylic acids is 1. The summed E-state index contributed by atoms with van der Waals surface area (Å²) in [6, 6.07) is 13.6. The van der Waals surface area contributed by atoms with Gasteiger partial charge in [-0.05, 0) is 38.1 Å². The van der Waals surface area contributed by atoms with Crippen LogP contribution in [-0.4, -0.2) is 25.8 Å². The number of hydrogen-bond acceptors (Lipinski definition) is 5. The van der Waals surface area contributed by atoms with Crippen LogP contribution in [0.2, 0.25) is 0 Å². The smallest absolute Gasteiger partial charge is 0.261 e. The van der Waals surface area contributed by atoms with Gasteiger partial charge in [0.1, 0.15) is 12.4 Å². The molecule has 1 aromatic heterocycles. The average molecular weight is 413 g/mol. The summed E-state index contributed by atoms with van der Waals surface area (Å²) in [6.07, 6.45) is 0. The number of aryl methyl sites for hydroxylation is 2. The summed E-state index contributed by atoms with van der Waals surface area (Å²) in [5, 5.41) is 0.715. The molecule has 0 aliphatic rings. The Hall–Kier alpha value is -2.93. The minimum atomic E-state index is -3.81. The SMILES string of the molecule is Cc1ccc(S(=O)(=O)Nc2cc(OCC(=O)C(C)C)cc3ccc(C)nc23)cc1. The molecule has 3 rings (SSSR count). The molecule has 0 unspecified atom stereocenters. The Labute approximate surface area is 171 Å². The Kier molecular flexibility index (Phi) is 5.88. The fraction of sp³-hybridized carbons (Fsp3) is 0.273. The number of fused-ring (bicyclic) bond motifs is 1. The molecule has 0 fully saturated rings. The summed E-state index contributed by atoms with van der Waals surface area (Å²) in [7, 11) is -3.81. The first kappa shape index (κ1) is 20.8.